The first kappa shape index (κ1) is 13.7. The fourth-order valence-corrected chi connectivity index (χ4v) is 2.42. The lowest BCUT2D eigenvalue weighted by Gasteiger charge is -2.19. The Kier molecular flexibility index (Phi) is 4.68. The quantitative estimate of drug-likeness (QED) is 0.880. The van der Waals surface area contributed by atoms with Crippen molar-refractivity contribution in [2.45, 2.75) is 20.8 Å². The molecular weight excluding hydrogens is 258 g/mol. The second-order valence-corrected chi connectivity index (χ2v) is 4.91. The highest BCUT2D eigenvalue weighted by Gasteiger charge is 2.12. The van der Waals surface area contributed by atoms with Crippen LogP contribution >= 0.6 is 11.3 Å². The highest BCUT2D eigenvalue weighted by Crippen LogP contribution is 2.23. The largest absolute Gasteiger partial charge is 0.354 e. The summed E-state index contributed by atoms with van der Waals surface area (Å²) in [5.74, 6) is 2.12. The van der Waals surface area contributed by atoms with Gasteiger partial charge in [0.05, 0.1) is 4.88 Å². The molecule has 102 valence electrons. The van der Waals surface area contributed by atoms with E-state index in [-0.39, 0.29) is 0 Å². The molecule has 2 aromatic heterocycles. The molecule has 2 heterocycles. The fourth-order valence-electron chi connectivity index (χ4n) is 1.77. The lowest BCUT2D eigenvalue weighted by molar-refractivity contribution is 0.814. The van der Waals surface area contributed by atoms with Gasteiger partial charge in [-0.15, -0.1) is 11.3 Å². The molecule has 19 heavy (non-hydrogen) atoms. The van der Waals surface area contributed by atoms with Gasteiger partial charge in [-0.2, -0.15) is 15.0 Å². The number of rotatable bonds is 6. The van der Waals surface area contributed by atoms with Gasteiger partial charge < -0.3 is 10.2 Å². The maximum Gasteiger partial charge on any atom is 0.230 e. The number of nitrogens with one attached hydrogen (secondary N) is 1. The first-order chi connectivity index (χ1) is 9.28. The average molecular weight is 277 g/mol. The zero-order valence-electron chi connectivity index (χ0n) is 11.6. The standard InChI is InChI=1S/C13H19N5S/c1-4-14-12-15-11(10-8-7-9-19-10)16-13(17-12)18(5-2)6-3/h7-9H,4-6H2,1-3H3,(H,14,15,16,17). The highest BCUT2D eigenvalue weighted by atomic mass is 32.1. The molecule has 2 rings (SSSR count). The van der Waals surface area contributed by atoms with Gasteiger partial charge in [0.2, 0.25) is 11.9 Å². The molecule has 2 aromatic rings. The van der Waals surface area contributed by atoms with E-state index in [4.69, 9.17) is 0 Å². The maximum atomic E-state index is 4.57. The SMILES string of the molecule is CCNc1nc(-c2cccs2)nc(N(CC)CC)n1. The van der Waals surface area contributed by atoms with Gasteiger partial charge in [-0.25, -0.2) is 0 Å². The van der Waals surface area contributed by atoms with E-state index in [1.54, 1.807) is 11.3 Å². The van der Waals surface area contributed by atoms with Crippen LogP contribution in [-0.4, -0.2) is 34.6 Å². The number of nitrogens with zero attached hydrogens (tertiary/aromatic N) is 4. The number of thiophene rings is 1. The van der Waals surface area contributed by atoms with Crippen molar-refractivity contribution in [3.05, 3.63) is 17.5 Å². The number of hydrogen-bond acceptors (Lipinski definition) is 6. The van der Waals surface area contributed by atoms with Crippen LogP contribution in [0.2, 0.25) is 0 Å². The summed E-state index contributed by atoms with van der Waals surface area (Å²) < 4.78 is 0. The minimum atomic E-state index is 0.641. The molecule has 0 aromatic carbocycles. The first-order valence-electron chi connectivity index (χ1n) is 6.57. The fraction of sp³-hybridized carbons (Fsp3) is 0.462. The summed E-state index contributed by atoms with van der Waals surface area (Å²) in [6.45, 7) is 8.80. The molecule has 0 atom stereocenters. The zero-order valence-corrected chi connectivity index (χ0v) is 12.4. The van der Waals surface area contributed by atoms with Gasteiger partial charge in [0, 0.05) is 19.6 Å². The number of hydrogen-bond donors (Lipinski definition) is 1. The summed E-state index contributed by atoms with van der Waals surface area (Å²) in [7, 11) is 0. The summed E-state index contributed by atoms with van der Waals surface area (Å²) in [6.07, 6.45) is 0. The van der Waals surface area contributed by atoms with E-state index >= 15 is 0 Å². The van der Waals surface area contributed by atoms with Crippen LogP contribution in [-0.2, 0) is 0 Å². The van der Waals surface area contributed by atoms with Crippen molar-refractivity contribution in [2.24, 2.45) is 0 Å². The van der Waals surface area contributed by atoms with Crippen LogP contribution in [0.5, 0.6) is 0 Å². The summed E-state index contributed by atoms with van der Waals surface area (Å²) in [5, 5.41) is 5.20. The lowest BCUT2D eigenvalue weighted by atomic mass is 10.4. The summed E-state index contributed by atoms with van der Waals surface area (Å²) >= 11 is 1.64. The molecule has 0 aliphatic heterocycles. The Balaban J connectivity index is 2.43. The van der Waals surface area contributed by atoms with Gasteiger partial charge in [-0.3, -0.25) is 0 Å². The molecule has 0 bridgehead atoms. The van der Waals surface area contributed by atoms with E-state index in [0.29, 0.717) is 5.95 Å². The van der Waals surface area contributed by atoms with E-state index < -0.39 is 0 Å². The van der Waals surface area contributed by atoms with E-state index in [1.807, 2.05) is 24.4 Å². The van der Waals surface area contributed by atoms with Crippen molar-refractivity contribution in [1.82, 2.24) is 15.0 Å². The molecule has 0 aliphatic carbocycles. The summed E-state index contributed by atoms with van der Waals surface area (Å²) in [6, 6.07) is 4.04. The van der Waals surface area contributed by atoms with Gasteiger partial charge in [0.1, 0.15) is 0 Å². The van der Waals surface area contributed by atoms with Crippen molar-refractivity contribution < 1.29 is 0 Å². The van der Waals surface area contributed by atoms with Gasteiger partial charge in [-0.05, 0) is 32.2 Å². The Morgan fingerprint density at radius 3 is 2.53 bits per heavy atom. The normalized spacial score (nSPS) is 10.5. The van der Waals surface area contributed by atoms with Crippen molar-refractivity contribution in [2.75, 3.05) is 29.9 Å². The summed E-state index contributed by atoms with van der Waals surface area (Å²) in [4.78, 5) is 16.7. The van der Waals surface area contributed by atoms with Crippen molar-refractivity contribution in [3.63, 3.8) is 0 Å². The molecule has 0 saturated heterocycles. The smallest absolute Gasteiger partial charge is 0.230 e. The predicted molar refractivity (Wildman–Crippen MR) is 80.9 cm³/mol. The molecule has 0 saturated carbocycles. The molecular formula is C13H19N5S. The van der Waals surface area contributed by atoms with Gasteiger partial charge in [0.25, 0.3) is 0 Å². The van der Waals surface area contributed by atoms with E-state index in [0.717, 1.165) is 36.3 Å². The van der Waals surface area contributed by atoms with Crippen LogP contribution in [0, 0.1) is 0 Å². The molecule has 0 spiro atoms. The molecule has 1 N–H and O–H groups in total. The Hall–Kier alpha value is -1.69. The third kappa shape index (κ3) is 3.20. The van der Waals surface area contributed by atoms with E-state index in [2.05, 4.69) is 39.0 Å². The van der Waals surface area contributed by atoms with E-state index in [9.17, 15) is 0 Å². The Morgan fingerprint density at radius 1 is 1.16 bits per heavy atom. The Morgan fingerprint density at radius 2 is 1.95 bits per heavy atom. The third-order valence-electron chi connectivity index (χ3n) is 2.75. The second-order valence-electron chi connectivity index (χ2n) is 3.96. The minimum Gasteiger partial charge on any atom is -0.354 e. The summed E-state index contributed by atoms with van der Waals surface area (Å²) in [5.41, 5.74) is 0. The van der Waals surface area contributed by atoms with Gasteiger partial charge in [-0.1, -0.05) is 6.07 Å². The van der Waals surface area contributed by atoms with Crippen molar-refractivity contribution in [3.8, 4) is 10.7 Å². The lowest BCUT2D eigenvalue weighted by Crippen LogP contribution is -2.25. The van der Waals surface area contributed by atoms with Crippen LogP contribution < -0.4 is 10.2 Å². The predicted octanol–water partition coefficient (Wildman–Crippen LogP) is 2.88. The van der Waals surface area contributed by atoms with E-state index in [1.165, 1.54) is 0 Å². The Bertz CT molecular complexity index is 508. The highest BCUT2D eigenvalue weighted by molar-refractivity contribution is 7.13. The van der Waals surface area contributed by atoms with Crippen LogP contribution in [0.3, 0.4) is 0 Å². The molecule has 0 radical (unpaired) electrons. The van der Waals surface area contributed by atoms with Crippen LogP contribution in [0.1, 0.15) is 20.8 Å². The zero-order chi connectivity index (χ0) is 13.7. The van der Waals surface area contributed by atoms with Crippen LogP contribution in [0.15, 0.2) is 17.5 Å². The molecule has 0 unspecified atom stereocenters. The van der Waals surface area contributed by atoms with Crippen molar-refractivity contribution in [1.29, 1.82) is 0 Å². The molecule has 5 nitrogen and oxygen atoms in total. The number of anilines is 2. The average Bonchev–Trinajstić information content (AvgIpc) is 2.94. The molecule has 6 heteroatoms. The third-order valence-corrected chi connectivity index (χ3v) is 3.61. The topological polar surface area (TPSA) is 53.9 Å². The number of aromatic nitrogens is 3. The monoisotopic (exact) mass is 277 g/mol. The maximum absolute atomic E-state index is 4.57. The first-order valence-corrected chi connectivity index (χ1v) is 7.45. The second kappa shape index (κ2) is 6.47. The molecule has 0 amide bonds. The van der Waals surface area contributed by atoms with Crippen LogP contribution in [0.4, 0.5) is 11.9 Å². The minimum absolute atomic E-state index is 0.641. The Labute approximate surface area is 117 Å². The van der Waals surface area contributed by atoms with Crippen molar-refractivity contribution >= 4 is 23.2 Å². The van der Waals surface area contributed by atoms with Gasteiger partial charge in [0.15, 0.2) is 5.82 Å². The molecule has 0 fully saturated rings. The van der Waals surface area contributed by atoms with Gasteiger partial charge >= 0.3 is 0 Å². The van der Waals surface area contributed by atoms with Crippen LogP contribution in [0.25, 0.3) is 10.7 Å². The molecule has 0 aliphatic rings.